The third-order valence-corrected chi connectivity index (χ3v) is 2.74. The number of carbonyl (C=O) groups is 1. The Labute approximate surface area is 103 Å². The summed E-state index contributed by atoms with van der Waals surface area (Å²) in [5, 5.41) is 0.788. The molecule has 1 heterocycles. The number of benzene rings is 1. The molecule has 1 aromatic carbocycles. The Morgan fingerprint density at radius 2 is 1.81 bits per heavy atom. The van der Waals surface area contributed by atoms with Gasteiger partial charge < -0.3 is 4.42 Å². The molecule has 2 rings (SSSR count). The Morgan fingerprint density at radius 3 is 2.38 bits per heavy atom. The maximum absolute atomic E-state index is 11.8. The number of hydrogen-bond acceptors (Lipinski definition) is 2. The first-order chi connectivity index (χ1) is 7.66. The van der Waals surface area contributed by atoms with Crippen LogP contribution < -0.4 is 0 Å². The van der Waals surface area contributed by atoms with Crippen LogP contribution in [0.15, 0.2) is 41.0 Å². The second-order valence-electron chi connectivity index (χ2n) is 3.33. The van der Waals surface area contributed by atoms with Gasteiger partial charge in [0.2, 0.25) is 5.22 Å². The zero-order valence-corrected chi connectivity index (χ0v) is 9.76. The Bertz CT molecular complexity index is 500. The van der Waals surface area contributed by atoms with E-state index in [0.717, 1.165) is 5.56 Å². The molecule has 82 valence electrons. The highest BCUT2D eigenvalue weighted by atomic mass is 35.5. The predicted molar refractivity (Wildman–Crippen MR) is 63.2 cm³/mol. The molecule has 0 aliphatic carbocycles. The maximum Gasteiger partial charge on any atom is 0.203 e. The van der Waals surface area contributed by atoms with Gasteiger partial charge in [-0.25, -0.2) is 0 Å². The largest absolute Gasteiger partial charge is 0.452 e. The van der Waals surface area contributed by atoms with Crippen molar-refractivity contribution in [3.8, 4) is 0 Å². The van der Waals surface area contributed by atoms with Crippen molar-refractivity contribution in [2.75, 3.05) is 0 Å². The van der Waals surface area contributed by atoms with E-state index < -0.39 is 0 Å². The van der Waals surface area contributed by atoms with Crippen LogP contribution in [0.5, 0.6) is 0 Å². The predicted octanol–water partition coefficient (Wildman–Crippen LogP) is 4.01. The average Bonchev–Trinajstić information content (AvgIpc) is 2.68. The summed E-state index contributed by atoms with van der Waals surface area (Å²) in [5.41, 5.74) is 1.31. The van der Waals surface area contributed by atoms with Crippen LogP contribution in [0.1, 0.15) is 15.9 Å². The first-order valence-corrected chi connectivity index (χ1v) is 5.43. The molecule has 0 fully saturated rings. The van der Waals surface area contributed by atoms with Gasteiger partial charge in [0.05, 0.1) is 11.8 Å². The third-order valence-electron chi connectivity index (χ3n) is 2.20. The first kappa shape index (κ1) is 11.2. The Kier molecular flexibility index (Phi) is 3.32. The summed E-state index contributed by atoms with van der Waals surface area (Å²) in [6.07, 6.45) is 1.69. The second kappa shape index (κ2) is 4.73. The van der Waals surface area contributed by atoms with Gasteiger partial charge in [-0.05, 0) is 35.4 Å². The van der Waals surface area contributed by atoms with Crippen LogP contribution in [-0.4, -0.2) is 5.78 Å². The molecule has 0 radical (unpaired) electrons. The van der Waals surface area contributed by atoms with E-state index >= 15 is 0 Å². The van der Waals surface area contributed by atoms with Gasteiger partial charge in [-0.15, -0.1) is 0 Å². The van der Waals surface area contributed by atoms with E-state index in [1.807, 2.05) is 12.1 Å². The van der Waals surface area contributed by atoms with E-state index in [0.29, 0.717) is 10.6 Å². The van der Waals surface area contributed by atoms with E-state index in [2.05, 4.69) is 0 Å². The Balaban J connectivity index is 2.14. The van der Waals surface area contributed by atoms with Crippen LogP contribution in [0.25, 0.3) is 0 Å². The van der Waals surface area contributed by atoms with Gasteiger partial charge in [-0.1, -0.05) is 23.7 Å². The summed E-state index contributed by atoms with van der Waals surface area (Å²) >= 11 is 11.5. The molecule has 0 bridgehead atoms. The lowest BCUT2D eigenvalue weighted by Gasteiger charge is -1.99. The van der Waals surface area contributed by atoms with Crippen LogP contribution >= 0.6 is 23.2 Å². The molecule has 4 heteroatoms. The Morgan fingerprint density at radius 1 is 1.12 bits per heavy atom. The Hall–Kier alpha value is -1.25. The van der Waals surface area contributed by atoms with Gasteiger partial charge in [0.15, 0.2) is 5.78 Å². The smallest absolute Gasteiger partial charge is 0.203 e. The zero-order chi connectivity index (χ0) is 11.5. The number of hydrogen-bond donors (Lipinski definition) is 0. The van der Waals surface area contributed by atoms with Crippen LogP contribution in [0.2, 0.25) is 10.2 Å². The first-order valence-electron chi connectivity index (χ1n) is 4.67. The number of ketones is 1. The molecule has 1 aromatic heterocycles. The summed E-state index contributed by atoms with van der Waals surface area (Å²) in [6.45, 7) is 0. The minimum absolute atomic E-state index is 0.0685. The number of rotatable bonds is 3. The van der Waals surface area contributed by atoms with Crippen molar-refractivity contribution in [2.45, 2.75) is 6.42 Å². The standard InChI is InChI=1S/C12H8Cl2O2/c13-9-3-1-8(2-4-9)7-11(15)10-5-6-16-12(10)14/h1-6H,7H2. The van der Waals surface area contributed by atoms with Crippen LogP contribution in [0, 0.1) is 0 Å². The van der Waals surface area contributed by atoms with Gasteiger partial charge >= 0.3 is 0 Å². The monoisotopic (exact) mass is 254 g/mol. The quantitative estimate of drug-likeness (QED) is 0.775. The number of Topliss-reactive ketones (excluding diaryl/α,β-unsaturated/α-hetero) is 1. The van der Waals surface area contributed by atoms with Gasteiger partial charge in [0.1, 0.15) is 0 Å². The van der Waals surface area contributed by atoms with E-state index in [9.17, 15) is 4.79 Å². The lowest BCUT2D eigenvalue weighted by atomic mass is 10.1. The van der Waals surface area contributed by atoms with E-state index in [-0.39, 0.29) is 17.4 Å². The van der Waals surface area contributed by atoms with Gasteiger partial charge in [0, 0.05) is 11.4 Å². The molecule has 0 atom stereocenters. The molecule has 0 spiro atoms. The summed E-state index contributed by atoms with van der Waals surface area (Å²) in [7, 11) is 0. The SMILES string of the molecule is O=C(Cc1ccc(Cl)cc1)c1ccoc1Cl. The highest BCUT2D eigenvalue weighted by Gasteiger charge is 2.13. The topological polar surface area (TPSA) is 30.2 Å². The van der Waals surface area contributed by atoms with Gasteiger partial charge in [-0.2, -0.15) is 0 Å². The number of furan rings is 1. The van der Waals surface area contributed by atoms with Crippen molar-refractivity contribution < 1.29 is 9.21 Å². The highest BCUT2D eigenvalue weighted by Crippen LogP contribution is 2.19. The van der Waals surface area contributed by atoms with Crippen LogP contribution in [-0.2, 0) is 6.42 Å². The van der Waals surface area contributed by atoms with Crippen molar-refractivity contribution in [1.29, 1.82) is 0 Å². The van der Waals surface area contributed by atoms with Crippen molar-refractivity contribution in [1.82, 2.24) is 0 Å². The van der Waals surface area contributed by atoms with Crippen molar-refractivity contribution >= 4 is 29.0 Å². The van der Waals surface area contributed by atoms with E-state index in [4.69, 9.17) is 27.6 Å². The number of carbonyl (C=O) groups excluding carboxylic acids is 1. The molecular weight excluding hydrogens is 247 g/mol. The highest BCUT2D eigenvalue weighted by molar-refractivity contribution is 6.32. The van der Waals surface area contributed by atoms with Crippen molar-refractivity contribution in [2.24, 2.45) is 0 Å². The fraction of sp³-hybridized carbons (Fsp3) is 0.0833. The van der Waals surface area contributed by atoms with Crippen molar-refractivity contribution in [3.63, 3.8) is 0 Å². The molecule has 0 amide bonds. The van der Waals surface area contributed by atoms with Crippen LogP contribution in [0.3, 0.4) is 0 Å². The number of halogens is 2. The van der Waals surface area contributed by atoms with Crippen molar-refractivity contribution in [3.05, 3.63) is 58.0 Å². The summed E-state index contributed by atoms with van der Waals surface area (Å²) in [5.74, 6) is -0.0685. The molecule has 0 unspecified atom stereocenters. The third kappa shape index (κ3) is 2.46. The normalized spacial score (nSPS) is 10.4. The van der Waals surface area contributed by atoms with Crippen LogP contribution in [0.4, 0.5) is 0 Å². The minimum Gasteiger partial charge on any atom is -0.452 e. The zero-order valence-electron chi connectivity index (χ0n) is 8.24. The molecule has 0 N–H and O–H groups in total. The minimum atomic E-state index is -0.0685. The molecule has 2 nitrogen and oxygen atoms in total. The summed E-state index contributed by atoms with van der Waals surface area (Å²) in [4.78, 5) is 11.8. The summed E-state index contributed by atoms with van der Waals surface area (Å²) in [6, 6.07) is 8.70. The maximum atomic E-state index is 11.8. The second-order valence-corrected chi connectivity index (χ2v) is 4.11. The van der Waals surface area contributed by atoms with E-state index in [1.54, 1.807) is 18.2 Å². The average molecular weight is 255 g/mol. The molecule has 0 saturated carbocycles. The molecule has 0 saturated heterocycles. The molecule has 16 heavy (non-hydrogen) atoms. The molecule has 0 aliphatic rings. The summed E-state index contributed by atoms with van der Waals surface area (Å²) < 4.78 is 4.87. The molecular formula is C12H8Cl2O2. The lowest BCUT2D eigenvalue weighted by Crippen LogP contribution is -2.02. The lowest BCUT2D eigenvalue weighted by molar-refractivity contribution is 0.0992. The van der Waals surface area contributed by atoms with Gasteiger partial charge in [0.25, 0.3) is 0 Å². The van der Waals surface area contributed by atoms with E-state index in [1.165, 1.54) is 6.26 Å². The molecule has 0 aliphatic heterocycles. The fourth-order valence-corrected chi connectivity index (χ4v) is 1.72. The fourth-order valence-electron chi connectivity index (χ4n) is 1.38. The van der Waals surface area contributed by atoms with Gasteiger partial charge in [-0.3, -0.25) is 4.79 Å². The molecule has 2 aromatic rings.